The van der Waals surface area contributed by atoms with Crippen molar-refractivity contribution in [3.8, 4) is 5.75 Å². The molecule has 0 saturated heterocycles. The van der Waals surface area contributed by atoms with Gasteiger partial charge in [0.2, 0.25) is 0 Å². The SMILES string of the molecule is COC(=O)c1cc(C(=O)Oc2ccccc2)cc(S(=O)(=O)OC)c1.[NaH]. The minimum absolute atomic E-state index is 0. The third kappa shape index (κ3) is 5.38. The molecule has 0 radical (unpaired) electrons. The van der Waals surface area contributed by atoms with Crippen molar-refractivity contribution >= 4 is 51.6 Å². The zero-order valence-electron chi connectivity index (χ0n) is 12.9. The van der Waals surface area contributed by atoms with E-state index in [1.54, 1.807) is 30.3 Å². The third-order valence-corrected chi connectivity index (χ3v) is 4.28. The van der Waals surface area contributed by atoms with Gasteiger partial charge in [0, 0.05) is 0 Å². The van der Waals surface area contributed by atoms with Gasteiger partial charge in [-0.05, 0) is 30.3 Å². The molecule has 0 atom stereocenters. The summed E-state index contributed by atoms with van der Waals surface area (Å²) in [7, 11) is -1.99. The number of rotatable bonds is 5. The van der Waals surface area contributed by atoms with Crippen LogP contribution in [0.2, 0.25) is 0 Å². The van der Waals surface area contributed by atoms with Crippen LogP contribution in [-0.2, 0) is 19.0 Å². The number of hydrogen-bond donors (Lipinski definition) is 0. The molecular weight excluding hydrogens is 359 g/mol. The van der Waals surface area contributed by atoms with E-state index in [1.807, 2.05) is 0 Å². The Kier molecular flexibility index (Phi) is 7.78. The molecular formula is C16H15NaO7S. The van der Waals surface area contributed by atoms with Gasteiger partial charge >= 0.3 is 41.5 Å². The molecule has 0 unspecified atom stereocenters. The summed E-state index contributed by atoms with van der Waals surface area (Å²) in [6.07, 6.45) is 0. The van der Waals surface area contributed by atoms with Crippen molar-refractivity contribution in [3.63, 3.8) is 0 Å². The van der Waals surface area contributed by atoms with E-state index in [0.29, 0.717) is 0 Å². The molecule has 9 heteroatoms. The molecule has 2 aromatic rings. The zero-order chi connectivity index (χ0) is 17.7. The second-order valence-corrected chi connectivity index (χ2v) is 6.27. The fraction of sp³-hybridized carbons (Fsp3) is 0.125. The van der Waals surface area contributed by atoms with Crippen LogP contribution in [0.15, 0.2) is 53.4 Å². The Morgan fingerprint density at radius 2 is 1.44 bits per heavy atom. The van der Waals surface area contributed by atoms with Gasteiger partial charge in [0.1, 0.15) is 5.75 Å². The average Bonchev–Trinajstić information content (AvgIpc) is 2.61. The van der Waals surface area contributed by atoms with Gasteiger partial charge in [0.05, 0.1) is 30.2 Å². The quantitative estimate of drug-likeness (QED) is 0.338. The summed E-state index contributed by atoms with van der Waals surface area (Å²) < 4.78 is 37.9. The second-order valence-electron chi connectivity index (χ2n) is 4.56. The van der Waals surface area contributed by atoms with Crippen molar-refractivity contribution in [2.24, 2.45) is 0 Å². The number of methoxy groups -OCH3 is 1. The first kappa shape index (κ1) is 21.3. The number of hydrogen-bond acceptors (Lipinski definition) is 7. The summed E-state index contributed by atoms with van der Waals surface area (Å²) >= 11 is 0. The number of ether oxygens (including phenoxy) is 2. The standard InChI is InChI=1S/C16H14O7S.Na.H/c1-21-15(17)11-8-12(10-14(9-11)24(19,20)22-2)16(18)23-13-6-4-3-5-7-13;;/h3-10H,1-2H3;;. The Morgan fingerprint density at radius 3 is 1.96 bits per heavy atom. The summed E-state index contributed by atoms with van der Waals surface area (Å²) in [6.45, 7) is 0. The van der Waals surface area contributed by atoms with E-state index in [-0.39, 0.29) is 51.3 Å². The number of para-hydroxylation sites is 1. The van der Waals surface area contributed by atoms with Gasteiger partial charge < -0.3 is 9.47 Å². The third-order valence-electron chi connectivity index (χ3n) is 3.03. The summed E-state index contributed by atoms with van der Waals surface area (Å²) in [6, 6.07) is 11.5. The van der Waals surface area contributed by atoms with Crippen molar-refractivity contribution in [3.05, 3.63) is 59.7 Å². The fourth-order valence-corrected chi connectivity index (χ4v) is 2.58. The topological polar surface area (TPSA) is 96.0 Å². The number of benzene rings is 2. The number of esters is 2. The molecule has 7 nitrogen and oxygen atoms in total. The van der Waals surface area contributed by atoms with Crippen molar-refractivity contribution in [1.82, 2.24) is 0 Å². The Morgan fingerprint density at radius 1 is 0.880 bits per heavy atom. The van der Waals surface area contributed by atoms with E-state index in [2.05, 4.69) is 8.92 Å². The first-order chi connectivity index (χ1) is 11.4. The Bertz CT molecular complexity index is 863. The monoisotopic (exact) mass is 374 g/mol. The van der Waals surface area contributed by atoms with E-state index in [9.17, 15) is 18.0 Å². The van der Waals surface area contributed by atoms with Crippen LogP contribution in [0.1, 0.15) is 20.7 Å². The molecule has 0 bridgehead atoms. The summed E-state index contributed by atoms with van der Waals surface area (Å²) in [5.74, 6) is -1.33. The van der Waals surface area contributed by atoms with E-state index < -0.39 is 22.1 Å². The molecule has 0 amide bonds. The predicted octanol–water partition coefficient (Wildman–Crippen LogP) is 1.38. The van der Waals surface area contributed by atoms with Gasteiger partial charge in [-0.25, -0.2) is 9.59 Å². The van der Waals surface area contributed by atoms with Crippen LogP contribution in [0.5, 0.6) is 5.75 Å². The summed E-state index contributed by atoms with van der Waals surface area (Å²) in [4.78, 5) is 23.6. The van der Waals surface area contributed by atoms with Gasteiger partial charge in [0.25, 0.3) is 10.1 Å². The first-order valence-corrected chi connectivity index (χ1v) is 8.09. The van der Waals surface area contributed by atoms with Crippen LogP contribution in [0.4, 0.5) is 0 Å². The number of carbonyl (C=O) groups excluding carboxylic acids is 2. The molecule has 0 aliphatic heterocycles. The summed E-state index contributed by atoms with van der Waals surface area (Å²) in [5, 5.41) is 0. The van der Waals surface area contributed by atoms with Crippen molar-refractivity contribution in [1.29, 1.82) is 0 Å². The summed E-state index contributed by atoms with van der Waals surface area (Å²) in [5.41, 5.74) is -0.243. The molecule has 128 valence electrons. The van der Waals surface area contributed by atoms with Crippen LogP contribution in [-0.4, -0.2) is 64.1 Å². The molecule has 0 N–H and O–H groups in total. The molecule has 0 aliphatic rings. The van der Waals surface area contributed by atoms with Crippen molar-refractivity contribution in [2.75, 3.05) is 14.2 Å². The average molecular weight is 374 g/mol. The maximum atomic E-state index is 12.2. The van der Waals surface area contributed by atoms with Crippen LogP contribution in [0.3, 0.4) is 0 Å². The molecule has 0 spiro atoms. The van der Waals surface area contributed by atoms with Crippen molar-refractivity contribution in [2.45, 2.75) is 4.90 Å². The molecule has 0 fully saturated rings. The van der Waals surface area contributed by atoms with Crippen molar-refractivity contribution < 1.29 is 31.7 Å². The van der Waals surface area contributed by atoms with Gasteiger partial charge in [-0.15, -0.1) is 0 Å². The van der Waals surface area contributed by atoms with E-state index >= 15 is 0 Å². The molecule has 0 heterocycles. The van der Waals surface area contributed by atoms with E-state index in [1.165, 1.54) is 6.07 Å². The van der Waals surface area contributed by atoms with E-state index in [4.69, 9.17) is 4.74 Å². The molecule has 0 aromatic heterocycles. The molecule has 0 aliphatic carbocycles. The van der Waals surface area contributed by atoms with Gasteiger partial charge in [0.15, 0.2) is 0 Å². The normalized spacial score (nSPS) is 10.5. The Labute approximate surface area is 167 Å². The maximum absolute atomic E-state index is 12.2. The van der Waals surface area contributed by atoms with Crippen LogP contribution in [0.25, 0.3) is 0 Å². The van der Waals surface area contributed by atoms with Gasteiger partial charge in [-0.2, -0.15) is 8.42 Å². The number of carbonyl (C=O) groups is 2. The fourth-order valence-electron chi connectivity index (χ4n) is 1.85. The zero-order valence-corrected chi connectivity index (χ0v) is 13.7. The van der Waals surface area contributed by atoms with Crippen LogP contribution >= 0.6 is 0 Å². The molecule has 25 heavy (non-hydrogen) atoms. The molecule has 0 saturated carbocycles. The first-order valence-electron chi connectivity index (χ1n) is 6.68. The molecule has 2 aromatic carbocycles. The van der Waals surface area contributed by atoms with Gasteiger partial charge in [-0.1, -0.05) is 18.2 Å². The minimum atomic E-state index is -4.11. The van der Waals surface area contributed by atoms with Gasteiger partial charge in [-0.3, -0.25) is 4.18 Å². The van der Waals surface area contributed by atoms with E-state index in [0.717, 1.165) is 26.4 Å². The van der Waals surface area contributed by atoms with Crippen LogP contribution < -0.4 is 4.74 Å². The molecule has 2 rings (SSSR count). The second kappa shape index (κ2) is 9.12. The van der Waals surface area contributed by atoms with Crippen LogP contribution in [0, 0.1) is 0 Å². The Hall–Kier alpha value is -1.71. The predicted molar refractivity (Wildman–Crippen MR) is 90.5 cm³/mol. The Balaban J connectivity index is 0.00000312.